The number of nitrogens with zero attached hydrogens (tertiary/aromatic N) is 1. The van der Waals surface area contributed by atoms with E-state index in [9.17, 15) is 8.78 Å². The average molecular weight is 228 g/mol. The SMILES string of the molecule is CCc1cc(Cl)c2ccc(F)c(F)c2n1. The zero-order chi connectivity index (χ0) is 11.0. The van der Waals surface area contributed by atoms with Gasteiger partial charge in [-0.05, 0) is 24.6 Å². The zero-order valence-electron chi connectivity index (χ0n) is 8.02. The Morgan fingerprint density at radius 1 is 1.33 bits per heavy atom. The molecule has 0 aliphatic carbocycles. The first-order chi connectivity index (χ1) is 7.13. The molecule has 0 fully saturated rings. The Kier molecular flexibility index (Phi) is 2.57. The first-order valence-corrected chi connectivity index (χ1v) is 4.94. The number of hydrogen-bond acceptors (Lipinski definition) is 1. The van der Waals surface area contributed by atoms with Crippen molar-refractivity contribution in [2.24, 2.45) is 0 Å². The van der Waals surface area contributed by atoms with Gasteiger partial charge in [-0.1, -0.05) is 18.5 Å². The molecule has 1 aromatic heterocycles. The van der Waals surface area contributed by atoms with Gasteiger partial charge in [0.15, 0.2) is 11.6 Å². The van der Waals surface area contributed by atoms with Crippen molar-refractivity contribution in [3.8, 4) is 0 Å². The zero-order valence-corrected chi connectivity index (χ0v) is 8.78. The summed E-state index contributed by atoms with van der Waals surface area (Å²) in [7, 11) is 0. The minimum absolute atomic E-state index is 0.000602. The smallest absolute Gasteiger partial charge is 0.185 e. The minimum atomic E-state index is -0.940. The molecule has 2 rings (SSSR count). The van der Waals surface area contributed by atoms with Crippen LogP contribution in [0.4, 0.5) is 8.78 Å². The number of hydrogen-bond donors (Lipinski definition) is 0. The van der Waals surface area contributed by atoms with Gasteiger partial charge in [-0.2, -0.15) is 0 Å². The molecule has 78 valence electrons. The number of rotatable bonds is 1. The Hall–Kier alpha value is -1.22. The highest BCUT2D eigenvalue weighted by atomic mass is 35.5. The van der Waals surface area contributed by atoms with Gasteiger partial charge < -0.3 is 0 Å². The van der Waals surface area contributed by atoms with E-state index in [2.05, 4.69) is 4.98 Å². The van der Waals surface area contributed by atoms with Crippen molar-refractivity contribution in [3.63, 3.8) is 0 Å². The van der Waals surface area contributed by atoms with Crippen LogP contribution >= 0.6 is 11.6 Å². The molecule has 2 aromatic rings. The molecular weight excluding hydrogens is 220 g/mol. The van der Waals surface area contributed by atoms with Crippen molar-refractivity contribution in [2.75, 3.05) is 0 Å². The summed E-state index contributed by atoms with van der Waals surface area (Å²) in [6.07, 6.45) is 0.631. The molecule has 0 bridgehead atoms. The highest BCUT2D eigenvalue weighted by Gasteiger charge is 2.11. The summed E-state index contributed by atoms with van der Waals surface area (Å²) in [5.41, 5.74) is 0.649. The molecule has 0 aliphatic rings. The summed E-state index contributed by atoms with van der Waals surface area (Å²) in [6.45, 7) is 1.88. The van der Waals surface area contributed by atoms with E-state index in [-0.39, 0.29) is 5.52 Å². The first-order valence-electron chi connectivity index (χ1n) is 4.56. The molecule has 0 aliphatic heterocycles. The van der Waals surface area contributed by atoms with Crippen LogP contribution in [-0.2, 0) is 6.42 Å². The quantitative estimate of drug-likeness (QED) is 0.724. The average Bonchev–Trinajstić information content (AvgIpc) is 2.23. The molecule has 0 N–H and O–H groups in total. The molecule has 15 heavy (non-hydrogen) atoms. The lowest BCUT2D eigenvalue weighted by atomic mass is 10.1. The minimum Gasteiger partial charge on any atom is -0.250 e. The molecular formula is C11H8ClF2N. The lowest BCUT2D eigenvalue weighted by molar-refractivity contribution is 0.515. The van der Waals surface area contributed by atoms with Crippen molar-refractivity contribution in [3.05, 3.63) is 40.6 Å². The highest BCUT2D eigenvalue weighted by Crippen LogP contribution is 2.26. The van der Waals surface area contributed by atoms with Crippen molar-refractivity contribution >= 4 is 22.5 Å². The number of benzene rings is 1. The largest absolute Gasteiger partial charge is 0.250 e. The van der Waals surface area contributed by atoms with Gasteiger partial charge in [-0.15, -0.1) is 0 Å². The molecule has 0 saturated heterocycles. The van der Waals surface area contributed by atoms with Crippen LogP contribution in [0.3, 0.4) is 0 Å². The van der Waals surface area contributed by atoms with Crippen LogP contribution in [0.25, 0.3) is 10.9 Å². The Labute approximate surface area is 90.7 Å². The van der Waals surface area contributed by atoms with Crippen LogP contribution in [0.15, 0.2) is 18.2 Å². The van der Waals surface area contributed by atoms with Gasteiger partial charge in [-0.3, -0.25) is 0 Å². The Bertz CT molecular complexity index is 525. The van der Waals surface area contributed by atoms with Gasteiger partial charge in [-0.25, -0.2) is 13.8 Å². The third-order valence-corrected chi connectivity index (χ3v) is 2.55. The molecule has 0 saturated carbocycles. The van der Waals surface area contributed by atoms with Gasteiger partial charge in [0.2, 0.25) is 0 Å². The standard InChI is InChI=1S/C11H8ClF2N/c1-2-6-5-8(12)7-3-4-9(13)10(14)11(7)15-6/h3-5H,2H2,1H3. The number of aromatic nitrogens is 1. The third kappa shape index (κ3) is 1.67. The summed E-state index contributed by atoms with van der Waals surface area (Å²) in [4.78, 5) is 4.02. The molecule has 0 amide bonds. The van der Waals surface area contributed by atoms with Crippen molar-refractivity contribution in [1.82, 2.24) is 4.98 Å². The molecule has 0 unspecified atom stereocenters. The second kappa shape index (κ2) is 3.74. The van der Waals surface area contributed by atoms with Gasteiger partial charge in [0.25, 0.3) is 0 Å². The summed E-state index contributed by atoms with van der Waals surface area (Å²) in [5.74, 6) is -1.84. The molecule has 0 spiro atoms. The second-order valence-electron chi connectivity index (χ2n) is 3.21. The van der Waals surface area contributed by atoms with E-state index >= 15 is 0 Å². The fourth-order valence-electron chi connectivity index (χ4n) is 1.42. The molecule has 1 nitrogen and oxygen atoms in total. The molecule has 4 heteroatoms. The van der Waals surface area contributed by atoms with E-state index in [4.69, 9.17) is 11.6 Å². The molecule has 0 radical (unpaired) electrons. The van der Waals surface area contributed by atoms with E-state index in [0.717, 1.165) is 6.07 Å². The summed E-state index contributed by atoms with van der Waals surface area (Å²) < 4.78 is 26.4. The van der Waals surface area contributed by atoms with Crippen LogP contribution in [0.5, 0.6) is 0 Å². The Morgan fingerprint density at radius 2 is 2.07 bits per heavy atom. The molecule has 1 heterocycles. The summed E-state index contributed by atoms with van der Waals surface area (Å²) >= 11 is 5.94. The fraction of sp³-hybridized carbons (Fsp3) is 0.182. The Morgan fingerprint density at radius 3 is 2.73 bits per heavy atom. The second-order valence-corrected chi connectivity index (χ2v) is 3.61. The maximum absolute atomic E-state index is 13.4. The lowest BCUT2D eigenvalue weighted by Crippen LogP contribution is -1.94. The highest BCUT2D eigenvalue weighted by molar-refractivity contribution is 6.35. The summed E-state index contributed by atoms with van der Waals surface area (Å²) in [6, 6.07) is 4.15. The van der Waals surface area contributed by atoms with Crippen molar-refractivity contribution in [2.45, 2.75) is 13.3 Å². The molecule has 1 aromatic carbocycles. The summed E-state index contributed by atoms with van der Waals surface area (Å²) in [5, 5.41) is 0.837. The van der Waals surface area contributed by atoms with Crippen LogP contribution in [0.1, 0.15) is 12.6 Å². The van der Waals surface area contributed by atoms with Crippen molar-refractivity contribution < 1.29 is 8.78 Å². The van der Waals surface area contributed by atoms with Crippen LogP contribution in [0.2, 0.25) is 5.02 Å². The van der Waals surface area contributed by atoms with E-state index in [1.807, 2.05) is 6.92 Å². The van der Waals surface area contributed by atoms with Crippen molar-refractivity contribution in [1.29, 1.82) is 0 Å². The fourth-order valence-corrected chi connectivity index (χ4v) is 1.70. The van der Waals surface area contributed by atoms with Crippen LogP contribution < -0.4 is 0 Å². The maximum Gasteiger partial charge on any atom is 0.185 e. The van der Waals surface area contributed by atoms with Crippen LogP contribution in [0, 0.1) is 11.6 Å². The third-order valence-electron chi connectivity index (χ3n) is 2.24. The monoisotopic (exact) mass is 227 g/mol. The number of fused-ring (bicyclic) bond motifs is 1. The molecule has 0 atom stereocenters. The van der Waals surface area contributed by atoms with E-state index in [0.29, 0.717) is 22.5 Å². The normalized spacial score (nSPS) is 10.9. The van der Waals surface area contributed by atoms with E-state index < -0.39 is 11.6 Å². The lowest BCUT2D eigenvalue weighted by Gasteiger charge is -2.04. The van der Waals surface area contributed by atoms with Gasteiger partial charge in [0.05, 0.1) is 5.02 Å². The Balaban J connectivity index is 2.86. The predicted molar refractivity (Wildman–Crippen MR) is 56.0 cm³/mol. The number of pyridine rings is 1. The van der Waals surface area contributed by atoms with Crippen LogP contribution in [-0.4, -0.2) is 4.98 Å². The van der Waals surface area contributed by atoms with E-state index in [1.165, 1.54) is 6.07 Å². The van der Waals surface area contributed by atoms with Gasteiger partial charge >= 0.3 is 0 Å². The first kappa shape index (κ1) is 10.3. The number of halogens is 3. The topological polar surface area (TPSA) is 12.9 Å². The van der Waals surface area contributed by atoms with Gasteiger partial charge in [0.1, 0.15) is 5.52 Å². The number of aryl methyl sites for hydroxylation is 1. The van der Waals surface area contributed by atoms with E-state index in [1.54, 1.807) is 6.07 Å². The predicted octanol–water partition coefficient (Wildman–Crippen LogP) is 3.73. The maximum atomic E-state index is 13.4. The van der Waals surface area contributed by atoms with Gasteiger partial charge in [0, 0.05) is 11.1 Å².